The van der Waals surface area contributed by atoms with Gasteiger partial charge in [-0.2, -0.15) is 5.10 Å². The van der Waals surface area contributed by atoms with E-state index in [-0.39, 0.29) is 0 Å². The maximum Gasteiger partial charge on any atom is 0.191 e. The van der Waals surface area contributed by atoms with Gasteiger partial charge in [-0.1, -0.05) is 31.2 Å². The average Bonchev–Trinajstić information content (AvgIpc) is 3.37. The van der Waals surface area contributed by atoms with Crippen LogP contribution in [0, 0.1) is 0 Å². The van der Waals surface area contributed by atoms with E-state index in [1.165, 1.54) is 21.0 Å². The molecule has 6 nitrogen and oxygen atoms in total. The van der Waals surface area contributed by atoms with Crippen LogP contribution in [0.3, 0.4) is 0 Å². The maximum absolute atomic E-state index is 4.46. The molecule has 2 heterocycles. The van der Waals surface area contributed by atoms with Gasteiger partial charge < -0.3 is 10.6 Å². The number of nitrogens with one attached hydrogen (secondary N) is 2. The highest BCUT2D eigenvalue weighted by atomic mass is 32.1. The molecule has 3 aromatic rings. The highest BCUT2D eigenvalue weighted by molar-refractivity contribution is 7.11. The molecular formula is C20H26N6S. The molecule has 0 radical (unpaired) electrons. The summed E-state index contributed by atoms with van der Waals surface area (Å²) in [6, 6.07) is 10.4. The Hall–Kier alpha value is -2.67. The van der Waals surface area contributed by atoms with Gasteiger partial charge in [0.2, 0.25) is 0 Å². The predicted octanol–water partition coefficient (Wildman–Crippen LogP) is 2.86. The lowest BCUT2D eigenvalue weighted by Gasteiger charge is -2.14. The minimum atomic E-state index is 0.717. The van der Waals surface area contributed by atoms with Crippen LogP contribution in [0.5, 0.6) is 0 Å². The summed E-state index contributed by atoms with van der Waals surface area (Å²) >= 11 is 1.79. The summed E-state index contributed by atoms with van der Waals surface area (Å²) in [5, 5.41) is 12.2. The average molecular weight is 383 g/mol. The first-order valence-corrected chi connectivity index (χ1v) is 10.0. The molecule has 0 aliphatic rings. The summed E-state index contributed by atoms with van der Waals surface area (Å²) in [6.07, 6.45) is 7.71. The third-order valence-electron chi connectivity index (χ3n) is 4.26. The van der Waals surface area contributed by atoms with Gasteiger partial charge in [0.25, 0.3) is 0 Å². The number of nitrogens with zero attached hydrogens (tertiary/aromatic N) is 4. The number of aliphatic imine (C=N–C) groups is 1. The summed E-state index contributed by atoms with van der Waals surface area (Å²) < 4.78 is 1.94. The molecule has 0 atom stereocenters. The van der Waals surface area contributed by atoms with E-state index in [0.29, 0.717) is 6.54 Å². The fourth-order valence-electron chi connectivity index (χ4n) is 2.77. The molecule has 7 heteroatoms. The second-order valence-electron chi connectivity index (χ2n) is 6.15. The Morgan fingerprint density at radius 2 is 2.04 bits per heavy atom. The van der Waals surface area contributed by atoms with Gasteiger partial charge in [-0.05, 0) is 23.6 Å². The minimum Gasteiger partial charge on any atom is -0.356 e. The molecule has 0 fully saturated rings. The van der Waals surface area contributed by atoms with Crippen LogP contribution >= 0.6 is 11.3 Å². The molecule has 27 heavy (non-hydrogen) atoms. The molecule has 0 spiro atoms. The monoisotopic (exact) mass is 382 g/mol. The van der Waals surface area contributed by atoms with Crippen LogP contribution in [0.1, 0.15) is 27.9 Å². The molecule has 0 aliphatic carbocycles. The van der Waals surface area contributed by atoms with Gasteiger partial charge in [0, 0.05) is 50.0 Å². The molecule has 0 amide bonds. The van der Waals surface area contributed by atoms with E-state index < -0.39 is 0 Å². The lowest BCUT2D eigenvalue weighted by Crippen LogP contribution is -2.38. The number of hydrogen-bond donors (Lipinski definition) is 2. The molecule has 0 bridgehead atoms. The highest BCUT2D eigenvalue weighted by Gasteiger charge is 2.05. The van der Waals surface area contributed by atoms with Crippen LogP contribution in [0.2, 0.25) is 0 Å². The van der Waals surface area contributed by atoms with E-state index in [4.69, 9.17) is 0 Å². The summed E-state index contributed by atoms with van der Waals surface area (Å²) in [7, 11) is 1.80. The predicted molar refractivity (Wildman–Crippen MR) is 111 cm³/mol. The Morgan fingerprint density at radius 3 is 2.74 bits per heavy atom. The summed E-state index contributed by atoms with van der Waals surface area (Å²) in [5.74, 6) is 0.802. The van der Waals surface area contributed by atoms with E-state index in [1.807, 2.05) is 23.1 Å². The van der Waals surface area contributed by atoms with E-state index in [2.05, 4.69) is 56.9 Å². The first kappa shape index (κ1) is 19.1. The van der Waals surface area contributed by atoms with Crippen LogP contribution in [0.4, 0.5) is 0 Å². The SMILES string of the molecule is CCc1cnc(CCNC(=NC)NCc2ccccc2Cn2cccn2)s1. The Bertz CT molecular complexity index is 853. The molecule has 0 saturated heterocycles. The molecule has 2 aromatic heterocycles. The standard InChI is InChI=1S/C20H26N6S/c1-3-18-14-23-19(27-18)9-11-22-20(21-2)24-13-16-7-4-5-8-17(16)15-26-12-6-10-25-26/h4-8,10,12,14H,3,9,11,13,15H2,1-2H3,(H2,21,22,24). The van der Waals surface area contributed by atoms with Gasteiger partial charge >= 0.3 is 0 Å². The van der Waals surface area contributed by atoms with Crippen LogP contribution in [-0.4, -0.2) is 34.3 Å². The van der Waals surface area contributed by atoms with Crippen molar-refractivity contribution in [3.63, 3.8) is 0 Å². The van der Waals surface area contributed by atoms with E-state index in [9.17, 15) is 0 Å². The fourth-order valence-corrected chi connectivity index (χ4v) is 3.63. The fraction of sp³-hybridized carbons (Fsp3) is 0.350. The van der Waals surface area contributed by atoms with Crippen LogP contribution in [0.25, 0.3) is 0 Å². The van der Waals surface area contributed by atoms with Crippen molar-refractivity contribution < 1.29 is 0 Å². The van der Waals surface area contributed by atoms with Crippen molar-refractivity contribution in [2.75, 3.05) is 13.6 Å². The summed E-state index contributed by atoms with van der Waals surface area (Å²) in [5.41, 5.74) is 2.49. The molecule has 3 rings (SSSR count). The third-order valence-corrected chi connectivity index (χ3v) is 5.46. The Kier molecular flexibility index (Phi) is 6.98. The molecule has 0 aliphatic heterocycles. The van der Waals surface area contributed by atoms with Crippen molar-refractivity contribution in [2.45, 2.75) is 32.9 Å². The highest BCUT2D eigenvalue weighted by Crippen LogP contribution is 2.13. The third kappa shape index (κ3) is 5.65. The van der Waals surface area contributed by atoms with Crippen molar-refractivity contribution in [1.82, 2.24) is 25.4 Å². The number of benzene rings is 1. The first-order valence-electron chi connectivity index (χ1n) is 9.20. The second-order valence-corrected chi connectivity index (χ2v) is 7.35. The van der Waals surface area contributed by atoms with Crippen molar-refractivity contribution in [1.29, 1.82) is 0 Å². The van der Waals surface area contributed by atoms with Crippen molar-refractivity contribution in [3.05, 3.63) is 69.9 Å². The maximum atomic E-state index is 4.46. The number of rotatable bonds is 8. The van der Waals surface area contributed by atoms with Gasteiger partial charge in [-0.25, -0.2) is 4.98 Å². The van der Waals surface area contributed by atoms with Crippen molar-refractivity contribution >= 4 is 17.3 Å². The number of thiazole rings is 1. The zero-order valence-corrected chi connectivity index (χ0v) is 16.7. The van der Waals surface area contributed by atoms with Crippen molar-refractivity contribution in [2.24, 2.45) is 4.99 Å². The molecular weight excluding hydrogens is 356 g/mol. The minimum absolute atomic E-state index is 0.717. The van der Waals surface area contributed by atoms with Gasteiger partial charge in [0.05, 0.1) is 11.6 Å². The van der Waals surface area contributed by atoms with Gasteiger partial charge in [-0.3, -0.25) is 9.67 Å². The number of hydrogen-bond acceptors (Lipinski definition) is 4. The Morgan fingerprint density at radius 1 is 1.19 bits per heavy atom. The van der Waals surface area contributed by atoms with E-state index >= 15 is 0 Å². The van der Waals surface area contributed by atoms with E-state index in [1.54, 1.807) is 24.6 Å². The van der Waals surface area contributed by atoms with E-state index in [0.717, 1.165) is 31.9 Å². The molecule has 0 unspecified atom stereocenters. The van der Waals surface area contributed by atoms with Crippen LogP contribution in [-0.2, 0) is 25.9 Å². The van der Waals surface area contributed by atoms with Gasteiger partial charge in [-0.15, -0.1) is 11.3 Å². The summed E-state index contributed by atoms with van der Waals surface area (Å²) in [4.78, 5) is 10.1. The quantitative estimate of drug-likeness (QED) is 0.464. The molecule has 142 valence electrons. The smallest absolute Gasteiger partial charge is 0.191 e. The van der Waals surface area contributed by atoms with Crippen LogP contribution < -0.4 is 10.6 Å². The van der Waals surface area contributed by atoms with Gasteiger partial charge in [0.1, 0.15) is 0 Å². The number of guanidine groups is 1. The molecule has 2 N–H and O–H groups in total. The zero-order chi connectivity index (χ0) is 18.9. The zero-order valence-electron chi connectivity index (χ0n) is 15.9. The topological polar surface area (TPSA) is 67.1 Å². The lowest BCUT2D eigenvalue weighted by atomic mass is 10.1. The largest absolute Gasteiger partial charge is 0.356 e. The van der Waals surface area contributed by atoms with Crippen molar-refractivity contribution in [3.8, 4) is 0 Å². The Balaban J connectivity index is 1.50. The normalized spacial score (nSPS) is 11.6. The lowest BCUT2D eigenvalue weighted by molar-refractivity contribution is 0.677. The van der Waals surface area contributed by atoms with Gasteiger partial charge in [0.15, 0.2) is 5.96 Å². The number of aromatic nitrogens is 3. The molecule has 1 aromatic carbocycles. The second kappa shape index (κ2) is 9.87. The first-order chi connectivity index (χ1) is 13.3. The number of aryl methyl sites for hydroxylation is 1. The molecule has 0 saturated carbocycles. The summed E-state index contributed by atoms with van der Waals surface area (Å²) in [6.45, 7) is 4.45. The van der Waals surface area contributed by atoms with Crippen LogP contribution in [0.15, 0.2) is 53.9 Å². The Labute approximate surface area is 164 Å².